The molecule has 5 heterocycles. The number of fused-ring (bicyclic) bond motifs is 7. The van der Waals surface area contributed by atoms with Gasteiger partial charge in [0.25, 0.3) is 0 Å². The van der Waals surface area contributed by atoms with Gasteiger partial charge >= 0.3 is 0 Å². The number of hydrogen-bond acceptors (Lipinski definition) is 4. The molecule has 18 aromatic carbocycles. The lowest BCUT2D eigenvalue weighted by Gasteiger charge is -2.19. The molecule has 23 aromatic rings. The molecule has 0 unspecified atom stereocenters. The molecule has 0 spiro atoms. The molecule has 0 aliphatic rings. The summed E-state index contributed by atoms with van der Waals surface area (Å²) >= 11 is 0. The zero-order chi connectivity index (χ0) is 95.5. The molecule has 0 atom stereocenters. The van der Waals surface area contributed by atoms with Crippen molar-refractivity contribution in [3.63, 3.8) is 0 Å². The van der Waals surface area contributed by atoms with E-state index in [1.54, 1.807) is 0 Å². The van der Waals surface area contributed by atoms with E-state index in [2.05, 4.69) is 510 Å². The van der Waals surface area contributed by atoms with Gasteiger partial charge in [0.05, 0.1) is 55.2 Å². The van der Waals surface area contributed by atoms with Crippen molar-refractivity contribution < 1.29 is 0 Å². The van der Waals surface area contributed by atoms with E-state index < -0.39 is 0 Å². The molecule has 0 fully saturated rings. The Morgan fingerprint density at radius 1 is 0.187 bits per heavy atom. The van der Waals surface area contributed by atoms with E-state index >= 15 is 0 Å². The van der Waals surface area contributed by atoms with E-state index in [0.717, 1.165) is 135 Å². The van der Waals surface area contributed by atoms with Gasteiger partial charge in [-0.25, -0.2) is 19.9 Å². The van der Waals surface area contributed by atoms with Crippen LogP contribution >= 0.6 is 0 Å². The molecule has 9 heteroatoms. The first-order valence-corrected chi connectivity index (χ1v) is 47.1. The van der Waals surface area contributed by atoms with Crippen LogP contribution in [0, 0.1) is 0 Å². The van der Waals surface area contributed by atoms with E-state index in [-0.39, 0.29) is 10.8 Å². The predicted octanol–water partition coefficient (Wildman–Crippen LogP) is 34.5. The maximum atomic E-state index is 5.01. The predicted molar refractivity (Wildman–Crippen MR) is 591 cm³/mol. The Morgan fingerprint density at radius 2 is 0.381 bits per heavy atom. The second-order valence-electron chi connectivity index (χ2n) is 36.5. The zero-order valence-corrected chi connectivity index (χ0v) is 79.2. The lowest BCUT2D eigenvalue weighted by Crippen LogP contribution is -2.11. The largest absolute Gasteiger partial charge is 0.317 e. The summed E-state index contributed by atoms with van der Waals surface area (Å²) in [6, 6.07) is 157. The van der Waals surface area contributed by atoms with Crippen molar-refractivity contribution in [2.24, 2.45) is 0 Å². The Hall–Kier alpha value is -17.7. The maximum Gasteiger partial charge on any atom is 0.145 e. The summed E-state index contributed by atoms with van der Waals surface area (Å²) in [6.45, 7) is 32.6. The van der Waals surface area contributed by atoms with Crippen molar-refractivity contribution >= 4 is 96.4 Å². The third-order valence-corrected chi connectivity index (χ3v) is 25.5. The fourth-order valence-electron chi connectivity index (χ4n) is 17.9. The number of aromatic nitrogens is 9. The van der Waals surface area contributed by atoms with Crippen LogP contribution in [0.1, 0.15) is 74.9 Å². The van der Waals surface area contributed by atoms with Gasteiger partial charge in [0.15, 0.2) is 0 Å². The first-order valence-electron chi connectivity index (χ1n) is 47.1. The summed E-state index contributed by atoms with van der Waals surface area (Å²) in [4.78, 5) is 19.9. The van der Waals surface area contributed by atoms with Gasteiger partial charge < -0.3 is 4.57 Å². The van der Waals surface area contributed by atoms with Gasteiger partial charge in [-0.1, -0.05) is 438 Å². The molecule has 139 heavy (non-hydrogen) atoms. The van der Waals surface area contributed by atoms with Gasteiger partial charge in [-0.05, 0) is 198 Å². The summed E-state index contributed by atoms with van der Waals surface area (Å²) in [5.41, 5.74) is 36.6. The Labute approximate surface area is 814 Å². The topological polar surface area (TPSA) is 76.2 Å². The van der Waals surface area contributed by atoms with Crippen LogP contribution in [-0.4, -0.2) is 42.8 Å². The molecule has 672 valence electrons. The number of hydrogen-bond donors (Lipinski definition) is 0. The van der Waals surface area contributed by atoms with Crippen LogP contribution in [0.15, 0.2) is 482 Å². The number of benzene rings is 18. The van der Waals surface area contributed by atoms with E-state index in [0.29, 0.717) is 0 Å². The lowest BCUT2D eigenvalue weighted by atomic mass is 9.86. The molecule has 9 nitrogen and oxygen atoms in total. The Balaban J connectivity index is 0.000000113. The fourth-order valence-corrected chi connectivity index (χ4v) is 17.9. The third-order valence-electron chi connectivity index (χ3n) is 25.5. The highest BCUT2D eigenvalue weighted by Gasteiger charge is 2.23. The number of para-hydroxylation sites is 11. The average molecular weight is 1800 g/mol. The van der Waals surface area contributed by atoms with Gasteiger partial charge in [0.2, 0.25) is 0 Å². The highest BCUT2D eigenvalue weighted by atomic mass is 15.1. The molecule has 23 rings (SSSR count). The van der Waals surface area contributed by atoms with Gasteiger partial charge in [0.1, 0.15) is 23.3 Å². The summed E-state index contributed by atoms with van der Waals surface area (Å²) in [6.07, 6.45) is 9.33. The van der Waals surface area contributed by atoms with Crippen LogP contribution < -0.4 is 0 Å². The quantitative estimate of drug-likeness (QED) is 0.0910. The van der Waals surface area contributed by atoms with E-state index in [1.165, 1.54) is 77.4 Å². The monoisotopic (exact) mass is 1790 g/mol. The van der Waals surface area contributed by atoms with Crippen LogP contribution in [0.2, 0.25) is 0 Å². The summed E-state index contributed by atoms with van der Waals surface area (Å²) in [7, 11) is 0. The minimum absolute atomic E-state index is 0.123. The zero-order valence-electron chi connectivity index (χ0n) is 79.2. The SMILES string of the molecule is C=Cc1ccc(-c2ccc(-c3nc4ccccc4n3-c3ccc(C(C)(C)C)cc3)cc2)cc1.C=Cc1ccc(-c2ccc(-c3nc4ccccc4n3-c3ccccc3)cc2)cc1.C=Cc1ccc(-c2ccc(-n3c(-c4ccc(C(C)(C)C)cc4)nc4ccccc43)cc2)cc1.C=Cc1ccc(-c2ccc(-n3c(-c4ccccc4)nc4ccccc43)cc2)cc1.C=Cn1c2ccccc2c2ccccc21. The van der Waals surface area contributed by atoms with Crippen molar-refractivity contribution in [1.29, 1.82) is 0 Å². The van der Waals surface area contributed by atoms with Crippen LogP contribution in [0.25, 0.3) is 209 Å². The summed E-state index contributed by atoms with van der Waals surface area (Å²) < 4.78 is 11.1. The van der Waals surface area contributed by atoms with Crippen molar-refractivity contribution in [3.05, 3.63) is 515 Å². The molecule has 0 saturated heterocycles. The summed E-state index contributed by atoms with van der Waals surface area (Å²) in [5.74, 6) is 3.81. The molecule has 0 bridgehead atoms. The lowest BCUT2D eigenvalue weighted by molar-refractivity contribution is 0.590. The smallest absolute Gasteiger partial charge is 0.145 e. The maximum absolute atomic E-state index is 5.01. The highest BCUT2D eigenvalue weighted by Crippen LogP contribution is 2.39. The first kappa shape index (κ1) is 90.5. The van der Waals surface area contributed by atoms with Gasteiger partial charge in [0, 0.05) is 62.0 Å². The third kappa shape index (κ3) is 19.5. The van der Waals surface area contributed by atoms with Crippen LogP contribution in [0.4, 0.5) is 0 Å². The van der Waals surface area contributed by atoms with Crippen molar-refractivity contribution in [3.8, 4) is 113 Å². The van der Waals surface area contributed by atoms with Gasteiger partial charge in [-0.15, -0.1) is 0 Å². The second-order valence-corrected chi connectivity index (χ2v) is 36.5. The fraction of sp³-hybridized carbons (Fsp3) is 0.0615. The Morgan fingerprint density at radius 3 is 0.647 bits per heavy atom. The van der Waals surface area contributed by atoms with Crippen LogP contribution in [0.5, 0.6) is 0 Å². The standard InChI is InChI=1S/2C31H28N2.2C27H20N2.C14H11N/c1-5-22-10-12-23(13-11-22)24-16-20-27(21-17-24)33-29-9-7-6-8-28(29)32-30(33)25-14-18-26(19-15-25)31(2,3)4;1-5-22-10-12-23(13-11-22)24-14-16-25(17-15-24)30-32-28-8-6-7-9-29(28)33(30)27-20-18-26(19-21-27)31(2,3)4;1-2-20-12-14-21(15-13-20)22-16-18-23(19-17-22)27-28-25-10-6-7-11-26(25)29(27)24-8-4-3-5-9-24;1-2-20-12-14-21(15-13-20)22-16-18-24(19-17-22)29-26-11-7-6-10-25(26)28-27(29)23-8-4-3-5-9-23;1-2-15-13-9-5-3-7-11(13)12-8-4-6-10-14(12)15/h2*5-21H,1H2,2-4H3;2*2-19H,1H2;2-10H,1H2. The van der Waals surface area contributed by atoms with Gasteiger partial charge in [-0.2, -0.15) is 0 Å². The molecule has 0 radical (unpaired) electrons. The molecule has 0 saturated carbocycles. The van der Waals surface area contributed by atoms with Crippen LogP contribution in [-0.2, 0) is 10.8 Å². The van der Waals surface area contributed by atoms with Crippen molar-refractivity contribution in [1.82, 2.24) is 42.8 Å². The number of imidazole rings is 4. The average Bonchev–Trinajstić information content (AvgIpc) is 1.64. The minimum Gasteiger partial charge on any atom is -0.317 e. The van der Waals surface area contributed by atoms with Crippen LogP contribution in [0.3, 0.4) is 0 Å². The van der Waals surface area contributed by atoms with E-state index in [4.69, 9.17) is 19.9 Å². The molecule has 5 aromatic heterocycles. The Bertz CT molecular complexity index is 8220. The van der Waals surface area contributed by atoms with Gasteiger partial charge in [-0.3, -0.25) is 18.3 Å². The second kappa shape index (κ2) is 40.3. The Kier molecular flexibility index (Phi) is 26.2. The van der Waals surface area contributed by atoms with Crippen molar-refractivity contribution in [2.75, 3.05) is 0 Å². The normalized spacial score (nSPS) is 11.2. The van der Waals surface area contributed by atoms with E-state index in [9.17, 15) is 0 Å². The van der Waals surface area contributed by atoms with Crippen molar-refractivity contribution in [2.45, 2.75) is 52.4 Å². The first-order chi connectivity index (χ1) is 67.9. The minimum atomic E-state index is 0.123. The molecule has 0 aliphatic carbocycles. The molecule has 0 amide bonds. The molecule has 0 N–H and O–H groups in total. The number of nitrogens with zero attached hydrogens (tertiary/aromatic N) is 9. The number of rotatable bonds is 17. The molecule has 0 aliphatic heterocycles. The highest BCUT2D eigenvalue weighted by molar-refractivity contribution is 6.09. The summed E-state index contributed by atoms with van der Waals surface area (Å²) in [5, 5.41) is 2.57. The molecular weight excluding hydrogens is 1690 g/mol. The molecular formula is C130H107N9. The van der Waals surface area contributed by atoms with E-state index in [1.807, 2.05) is 66.9 Å².